The Labute approximate surface area is 176 Å². The Kier molecular flexibility index (Phi) is 7.57. The Morgan fingerprint density at radius 2 is 2.27 bits per heavy atom. The minimum Gasteiger partial charge on any atom is -0.496 e. The summed E-state index contributed by atoms with van der Waals surface area (Å²) in [6.45, 7) is 4.83. The first kappa shape index (κ1) is 20.8. The largest absolute Gasteiger partial charge is 0.496 e. The molecule has 2 aromatic rings. The fourth-order valence-corrected chi connectivity index (χ4v) is 3.73. The molecule has 0 bridgehead atoms. The Morgan fingerprint density at radius 3 is 2.92 bits per heavy atom. The Hall–Kier alpha value is -1.48. The molecule has 1 aromatic carbocycles. The van der Waals surface area contributed by atoms with Gasteiger partial charge in [0.2, 0.25) is 0 Å². The standard InChI is InChI=1S/C19H25N3O2S.HI/c1-12-8-14-9-16(23-4)15(10-17(14)24-12)11-21-19(20-3)22-13(2)18-6-5-7-25-18;/h5-7,9-10,12-13H,8,11H2,1-4H3,(H2,20,21,22);1H. The highest BCUT2D eigenvalue weighted by molar-refractivity contribution is 14.0. The normalized spacial score (nSPS) is 16.9. The van der Waals surface area contributed by atoms with Crippen LogP contribution in [0.2, 0.25) is 0 Å². The minimum atomic E-state index is 0. The minimum absolute atomic E-state index is 0. The van der Waals surface area contributed by atoms with Crippen molar-refractivity contribution in [2.45, 2.75) is 39.0 Å². The fraction of sp³-hybridized carbons (Fsp3) is 0.421. The number of halogens is 1. The van der Waals surface area contributed by atoms with Gasteiger partial charge in [0.25, 0.3) is 0 Å². The molecule has 2 atom stereocenters. The molecule has 0 saturated heterocycles. The number of rotatable bonds is 5. The summed E-state index contributed by atoms with van der Waals surface area (Å²) in [5.41, 5.74) is 2.27. The van der Waals surface area contributed by atoms with Crippen molar-refractivity contribution in [1.82, 2.24) is 10.6 Å². The van der Waals surface area contributed by atoms with E-state index in [0.717, 1.165) is 29.4 Å². The second kappa shape index (κ2) is 9.45. The molecule has 142 valence electrons. The van der Waals surface area contributed by atoms with Crippen LogP contribution in [0.1, 0.15) is 35.9 Å². The molecule has 26 heavy (non-hydrogen) atoms. The van der Waals surface area contributed by atoms with Crippen molar-refractivity contribution < 1.29 is 9.47 Å². The van der Waals surface area contributed by atoms with Gasteiger partial charge in [0.15, 0.2) is 5.96 Å². The summed E-state index contributed by atoms with van der Waals surface area (Å²) in [6.07, 6.45) is 1.16. The van der Waals surface area contributed by atoms with E-state index in [1.54, 1.807) is 25.5 Å². The molecule has 1 aliphatic rings. The van der Waals surface area contributed by atoms with E-state index in [9.17, 15) is 0 Å². The number of aliphatic imine (C=N–C) groups is 1. The van der Waals surface area contributed by atoms with Crippen molar-refractivity contribution in [2.24, 2.45) is 4.99 Å². The summed E-state index contributed by atoms with van der Waals surface area (Å²) in [6, 6.07) is 8.54. The molecule has 2 unspecified atom stereocenters. The number of benzene rings is 1. The molecular formula is C19H26IN3O2S. The average Bonchev–Trinajstić information content (AvgIpc) is 3.25. The maximum Gasteiger partial charge on any atom is 0.191 e. The molecule has 1 aliphatic heterocycles. The molecular weight excluding hydrogens is 461 g/mol. The lowest BCUT2D eigenvalue weighted by molar-refractivity contribution is 0.254. The second-order valence-corrected chi connectivity index (χ2v) is 7.19. The Morgan fingerprint density at radius 1 is 1.46 bits per heavy atom. The summed E-state index contributed by atoms with van der Waals surface area (Å²) < 4.78 is 11.4. The number of nitrogens with zero attached hydrogens (tertiary/aromatic N) is 1. The zero-order chi connectivity index (χ0) is 17.8. The van der Waals surface area contributed by atoms with Crippen molar-refractivity contribution in [1.29, 1.82) is 0 Å². The number of fused-ring (bicyclic) bond motifs is 1. The fourth-order valence-electron chi connectivity index (χ4n) is 3.00. The van der Waals surface area contributed by atoms with Crippen LogP contribution in [-0.4, -0.2) is 26.2 Å². The highest BCUT2D eigenvalue weighted by Crippen LogP contribution is 2.34. The molecule has 0 fully saturated rings. The molecule has 0 radical (unpaired) electrons. The molecule has 0 spiro atoms. The summed E-state index contributed by atoms with van der Waals surface area (Å²) in [7, 11) is 3.48. The van der Waals surface area contributed by atoms with E-state index in [1.807, 2.05) is 0 Å². The van der Waals surface area contributed by atoms with Crippen LogP contribution in [0.4, 0.5) is 0 Å². The van der Waals surface area contributed by atoms with Crippen LogP contribution in [0.3, 0.4) is 0 Å². The lowest BCUT2D eigenvalue weighted by atomic mass is 10.1. The van der Waals surface area contributed by atoms with Crippen molar-refractivity contribution in [2.75, 3.05) is 14.2 Å². The van der Waals surface area contributed by atoms with Gasteiger partial charge >= 0.3 is 0 Å². The monoisotopic (exact) mass is 487 g/mol. The average molecular weight is 487 g/mol. The van der Waals surface area contributed by atoms with Crippen LogP contribution in [0.15, 0.2) is 34.6 Å². The van der Waals surface area contributed by atoms with Gasteiger partial charge in [0.05, 0.1) is 13.2 Å². The van der Waals surface area contributed by atoms with E-state index in [1.165, 1.54) is 10.4 Å². The molecule has 5 nitrogen and oxygen atoms in total. The van der Waals surface area contributed by atoms with Crippen LogP contribution >= 0.6 is 35.3 Å². The summed E-state index contributed by atoms with van der Waals surface area (Å²) in [5, 5.41) is 8.86. The van der Waals surface area contributed by atoms with Crippen LogP contribution in [-0.2, 0) is 13.0 Å². The lowest BCUT2D eigenvalue weighted by Crippen LogP contribution is -2.38. The molecule has 0 aliphatic carbocycles. The predicted octanol–water partition coefficient (Wildman–Crippen LogP) is 4.12. The SMILES string of the molecule is CN=C(NCc1cc2c(cc1OC)CC(C)O2)NC(C)c1cccs1.I. The zero-order valence-electron chi connectivity index (χ0n) is 15.5. The van der Waals surface area contributed by atoms with Gasteiger partial charge in [0, 0.05) is 36.0 Å². The topological polar surface area (TPSA) is 54.9 Å². The predicted molar refractivity (Wildman–Crippen MR) is 118 cm³/mol. The van der Waals surface area contributed by atoms with Gasteiger partial charge in [-0.15, -0.1) is 35.3 Å². The number of hydrogen-bond acceptors (Lipinski definition) is 4. The van der Waals surface area contributed by atoms with Crippen molar-refractivity contribution >= 4 is 41.3 Å². The van der Waals surface area contributed by atoms with Gasteiger partial charge in [-0.3, -0.25) is 4.99 Å². The van der Waals surface area contributed by atoms with Crippen LogP contribution < -0.4 is 20.1 Å². The van der Waals surface area contributed by atoms with Gasteiger partial charge in [-0.2, -0.15) is 0 Å². The van der Waals surface area contributed by atoms with Crippen LogP contribution in [0, 0.1) is 0 Å². The van der Waals surface area contributed by atoms with E-state index in [0.29, 0.717) is 6.54 Å². The first-order chi connectivity index (χ1) is 12.1. The van der Waals surface area contributed by atoms with E-state index in [-0.39, 0.29) is 36.1 Å². The quantitative estimate of drug-likeness (QED) is 0.379. The highest BCUT2D eigenvalue weighted by Gasteiger charge is 2.21. The molecule has 2 heterocycles. The highest BCUT2D eigenvalue weighted by atomic mass is 127. The van der Waals surface area contributed by atoms with Gasteiger partial charge < -0.3 is 20.1 Å². The first-order valence-electron chi connectivity index (χ1n) is 8.47. The van der Waals surface area contributed by atoms with Crippen LogP contribution in [0.5, 0.6) is 11.5 Å². The van der Waals surface area contributed by atoms with E-state index < -0.39 is 0 Å². The van der Waals surface area contributed by atoms with E-state index in [2.05, 4.69) is 59.1 Å². The number of ether oxygens (including phenoxy) is 2. The summed E-state index contributed by atoms with van der Waals surface area (Å²) in [4.78, 5) is 5.60. The number of methoxy groups -OCH3 is 1. The smallest absolute Gasteiger partial charge is 0.191 e. The van der Waals surface area contributed by atoms with Gasteiger partial charge in [-0.25, -0.2) is 0 Å². The number of guanidine groups is 1. The lowest BCUT2D eigenvalue weighted by Gasteiger charge is -2.18. The third kappa shape index (κ3) is 4.82. The molecule has 0 saturated carbocycles. The summed E-state index contributed by atoms with van der Waals surface area (Å²) >= 11 is 1.74. The molecule has 3 rings (SSSR count). The Bertz CT molecular complexity index is 749. The van der Waals surface area contributed by atoms with Crippen molar-refractivity contribution in [3.63, 3.8) is 0 Å². The second-order valence-electron chi connectivity index (χ2n) is 6.21. The molecule has 0 amide bonds. The molecule has 1 aromatic heterocycles. The van der Waals surface area contributed by atoms with Crippen LogP contribution in [0.25, 0.3) is 0 Å². The third-order valence-corrected chi connectivity index (χ3v) is 5.35. The zero-order valence-corrected chi connectivity index (χ0v) is 18.7. The van der Waals surface area contributed by atoms with Crippen molar-refractivity contribution in [3.8, 4) is 11.5 Å². The maximum atomic E-state index is 5.87. The van der Waals surface area contributed by atoms with Crippen molar-refractivity contribution in [3.05, 3.63) is 45.6 Å². The number of hydrogen-bond donors (Lipinski definition) is 2. The Balaban J connectivity index is 0.00000243. The van der Waals surface area contributed by atoms with E-state index in [4.69, 9.17) is 9.47 Å². The van der Waals surface area contributed by atoms with Gasteiger partial charge in [-0.05, 0) is 37.4 Å². The number of nitrogens with one attached hydrogen (secondary N) is 2. The number of thiophene rings is 1. The molecule has 7 heteroatoms. The maximum absolute atomic E-state index is 5.87. The third-order valence-electron chi connectivity index (χ3n) is 4.29. The first-order valence-corrected chi connectivity index (χ1v) is 9.35. The van der Waals surface area contributed by atoms with Gasteiger partial charge in [-0.1, -0.05) is 6.07 Å². The molecule has 2 N–H and O–H groups in total. The van der Waals surface area contributed by atoms with E-state index >= 15 is 0 Å². The van der Waals surface area contributed by atoms with Gasteiger partial charge in [0.1, 0.15) is 17.6 Å². The summed E-state index contributed by atoms with van der Waals surface area (Å²) in [5.74, 6) is 2.60.